The molecule has 2 aromatic carbocycles. The van der Waals surface area contributed by atoms with E-state index in [-0.39, 0.29) is 12.1 Å². The van der Waals surface area contributed by atoms with Crippen molar-refractivity contribution >= 4 is 28.6 Å². The van der Waals surface area contributed by atoms with Crippen LogP contribution in [0.25, 0.3) is 0 Å². The fourth-order valence-corrected chi connectivity index (χ4v) is 4.60. The summed E-state index contributed by atoms with van der Waals surface area (Å²) in [6.45, 7) is 5.98. The molecule has 30 heavy (non-hydrogen) atoms. The maximum atomic E-state index is 11.0. The van der Waals surface area contributed by atoms with Gasteiger partial charge in [-0.25, -0.2) is 0 Å². The van der Waals surface area contributed by atoms with E-state index < -0.39 is 17.4 Å². The van der Waals surface area contributed by atoms with Gasteiger partial charge < -0.3 is 18.7 Å². The van der Waals surface area contributed by atoms with Crippen LogP contribution in [0.5, 0.6) is 5.75 Å². The van der Waals surface area contributed by atoms with Gasteiger partial charge in [0.2, 0.25) is 0 Å². The van der Waals surface area contributed by atoms with E-state index >= 15 is 0 Å². The number of aliphatic hydroxyl groups is 1. The summed E-state index contributed by atoms with van der Waals surface area (Å²) in [5, 5.41) is 11.3. The molecular formula is C22H28ClN2O4S-. The second kappa shape index (κ2) is 9.66. The molecule has 1 aliphatic rings. The summed E-state index contributed by atoms with van der Waals surface area (Å²) in [5.74, 6) is 0.931. The summed E-state index contributed by atoms with van der Waals surface area (Å²) in [6.07, 6.45) is 0.371. The average molecular weight is 452 g/mol. The first kappa shape index (κ1) is 23.0. The smallest absolute Gasteiger partial charge is 0.119 e. The molecule has 1 fully saturated rings. The van der Waals surface area contributed by atoms with Gasteiger partial charge in [0.25, 0.3) is 0 Å². The van der Waals surface area contributed by atoms with E-state index in [9.17, 15) is 13.9 Å². The number of rotatable bonds is 8. The number of ether oxygens (including phenoxy) is 1. The van der Waals surface area contributed by atoms with Gasteiger partial charge >= 0.3 is 0 Å². The third kappa shape index (κ3) is 5.34. The first-order chi connectivity index (χ1) is 14.2. The number of nitrogens with zero attached hydrogens (tertiary/aromatic N) is 2. The molecule has 2 aromatic rings. The molecular weight excluding hydrogens is 424 g/mol. The Balaban J connectivity index is 1.55. The molecule has 3 rings (SSSR count). The Morgan fingerprint density at radius 3 is 2.67 bits per heavy atom. The molecule has 0 aliphatic carbocycles. The fourth-order valence-electron chi connectivity index (χ4n) is 4.11. The molecule has 0 aromatic heterocycles. The van der Waals surface area contributed by atoms with Crippen molar-refractivity contribution in [2.75, 3.05) is 31.0 Å². The number of hydrogen-bond acceptors (Lipinski definition) is 5. The van der Waals surface area contributed by atoms with E-state index in [0.29, 0.717) is 23.9 Å². The molecule has 0 bridgehead atoms. The lowest BCUT2D eigenvalue weighted by Crippen LogP contribution is -2.46. The Labute approximate surface area is 185 Å². The molecule has 3 unspecified atom stereocenters. The monoisotopic (exact) mass is 451 g/mol. The van der Waals surface area contributed by atoms with E-state index in [1.807, 2.05) is 18.2 Å². The lowest BCUT2D eigenvalue weighted by atomic mass is 9.82. The van der Waals surface area contributed by atoms with E-state index in [1.54, 1.807) is 24.3 Å². The van der Waals surface area contributed by atoms with Crippen LogP contribution in [0.2, 0.25) is 5.02 Å². The zero-order chi connectivity index (χ0) is 21.9. The Morgan fingerprint density at radius 2 is 2.03 bits per heavy atom. The highest BCUT2D eigenvalue weighted by Gasteiger charge is 2.42. The number of benzene rings is 2. The van der Waals surface area contributed by atoms with Gasteiger partial charge in [-0.15, -0.1) is 0 Å². The van der Waals surface area contributed by atoms with Crippen molar-refractivity contribution in [3.63, 3.8) is 0 Å². The maximum absolute atomic E-state index is 11.0. The Hall–Kier alpha value is -1.64. The highest BCUT2D eigenvalue weighted by atomic mass is 35.5. The minimum Gasteiger partial charge on any atom is -0.755 e. The van der Waals surface area contributed by atoms with Crippen molar-refractivity contribution in [1.82, 2.24) is 4.90 Å². The quantitative estimate of drug-likeness (QED) is 0.621. The normalized spacial score (nSPS) is 20.7. The molecule has 1 heterocycles. The van der Waals surface area contributed by atoms with Crippen LogP contribution in [0.3, 0.4) is 0 Å². The Bertz CT molecular complexity index is 878. The van der Waals surface area contributed by atoms with Crippen LogP contribution in [0.1, 0.15) is 31.7 Å². The molecule has 0 radical (unpaired) electrons. The third-order valence-electron chi connectivity index (χ3n) is 5.90. The van der Waals surface area contributed by atoms with Gasteiger partial charge in [-0.3, -0.25) is 9.11 Å². The van der Waals surface area contributed by atoms with Crippen LogP contribution in [0, 0.1) is 0 Å². The van der Waals surface area contributed by atoms with Crippen molar-refractivity contribution in [3.05, 3.63) is 59.1 Å². The number of β-amino-alcohol motifs (C(OH)–C–C–N with tert-alkyl or cyclic N) is 1. The predicted molar refractivity (Wildman–Crippen MR) is 120 cm³/mol. The fraction of sp³-hybridized carbons (Fsp3) is 0.455. The van der Waals surface area contributed by atoms with E-state index in [4.69, 9.17) is 16.3 Å². The molecule has 0 amide bonds. The zero-order valence-corrected chi connectivity index (χ0v) is 19.0. The van der Waals surface area contributed by atoms with Crippen LogP contribution < -0.4 is 9.04 Å². The van der Waals surface area contributed by atoms with E-state index in [2.05, 4.69) is 24.8 Å². The van der Waals surface area contributed by atoms with Crippen LogP contribution in [-0.2, 0) is 11.3 Å². The maximum Gasteiger partial charge on any atom is 0.119 e. The van der Waals surface area contributed by atoms with Gasteiger partial charge in [0.05, 0.1) is 0 Å². The lowest BCUT2D eigenvalue weighted by Gasteiger charge is -2.37. The Morgan fingerprint density at radius 1 is 1.33 bits per heavy atom. The van der Waals surface area contributed by atoms with Gasteiger partial charge in [0, 0.05) is 47.0 Å². The second-order valence-corrected chi connectivity index (χ2v) is 9.59. The SMILES string of the molecule is CN(c1ccc(OCC(O)CN2CCC(c3cccc(Cl)c3)C2(C)C)cc1)S(=O)[O-]. The summed E-state index contributed by atoms with van der Waals surface area (Å²) in [6, 6.07) is 14.7. The molecule has 3 atom stereocenters. The number of aliphatic hydroxyl groups excluding tert-OH is 1. The van der Waals surface area contributed by atoms with Crippen molar-refractivity contribution < 1.29 is 18.6 Å². The zero-order valence-electron chi connectivity index (χ0n) is 17.5. The lowest BCUT2D eigenvalue weighted by molar-refractivity contribution is 0.0433. The largest absolute Gasteiger partial charge is 0.755 e. The second-order valence-electron chi connectivity index (χ2n) is 8.17. The summed E-state index contributed by atoms with van der Waals surface area (Å²) in [4.78, 5) is 2.30. The van der Waals surface area contributed by atoms with Gasteiger partial charge in [0.15, 0.2) is 0 Å². The molecule has 0 saturated carbocycles. The van der Waals surface area contributed by atoms with Gasteiger partial charge in [-0.1, -0.05) is 23.7 Å². The number of anilines is 1. The van der Waals surface area contributed by atoms with Crippen molar-refractivity contribution in [2.45, 2.75) is 37.8 Å². The first-order valence-electron chi connectivity index (χ1n) is 9.93. The Kier molecular flexibility index (Phi) is 7.42. The van der Waals surface area contributed by atoms with Crippen LogP contribution in [-0.4, -0.2) is 57.2 Å². The van der Waals surface area contributed by atoms with Crippen LogP contribution >= 0.6 is 11.6 Å². The molecule has 164 valence electrons. The van der Waals surface area contributed by atoms with Gasteiger partial charge in [-0.2, -0.15) is 0 Å². The first-order valence-corrected chi connectivity index (χ1v) is 11.3. The minimum atomic E-state index is -2.32. The average Bonchev–Trinajstić information content (AvgIpc) is 3.00. The highest BCUT2D eigenvalue weighted by molar-refractivity contribution is 7.80. The molecule has 1 saturated heterocycles. The van der Waals surface area contributed by atoms with Gasteiger partial charge in [-0.05, 0) is 68.8 Å². The van der Waals surface area contributed by atoms with Crippen molar-refractivity contribution in [2.24, 2.45) is 0 Å². The van der Waals surface area contributed by atoms with Crippen molar-refractivity contribution in [1.29, 1.82) is 0 Å². The number of halogens is 1. The van der Waals surface area contributed by atoms with Crippen LogP contribution in [0.15, 0.2) is 48.5 Å². The highest BCUT2D eigenvalue weighted by Crippen LogP contribution is 2.42. The molecule has 6 nitrogen and oxygen atoms in total. The molecule has 1 N–H and O–H groups in total. The van der Waals surface area contributed by atoms with Crippen molar-refractivity contribution in [3.8, 4) is 5.75 Å². The summed E-state index contributed by atoms with van der Waals surface area (Å²) in [7, 11) is 1.47. The topological polar surface area (TPSA) is 76.1 Å². The van der Waals surface area contributed by atoms with Crippen LogP contribution in [0.4, 0.5) is 5.69 Å². The third-order valence-corrected chi connectivity index (χ3v) is 6.80. The van der Waals surface area contributed by atoms with E-state index in [1.165, 1.54) is 12.6 Å². The van der Waals surface area contributed by atoms with Gasteiger partial charge in [0.1, 0.15) is 18.5 Å². The number of likely N-dealkylation sites (tertiary alicyclic amines) is 1. The minimum absolute atomic E-state index is 0.105. The molecule has 8 heteroatoms. The predicted octanol–water partition coefficient (Wildman–Crippen LogP) is 3.58. The summed E-state index contributed by atoms with van der Waals surface area (Å²) >= 11 is 3.86. The summed E-state index contributed by atoms with van der Waals surface area (Å²) < 4.78 is 28.8. The summed E-state index contributed by atoms with van der Waals surface area (Å²) in [5.41, 5.74) is 1.67. The number of hydrogen-bond donors (Lipinski definition) is 1. The molecule has 1 aliphatic heterocycles. The standard InChI is InChI=1S/C22H29ClN2O4S/c1-22(2)21(16-5-4-6-17(23)13-16)11-12-25(22)14-19(26)15-29-20-9-7-18(8-10-20)24(3)30(27)28/h4-10,13,19,21,26H,11-12,14-15H2,1-3H3,(H,27,28)/p-1. The molecule has 0 spiro atoms. The van der Waals surface area contributed by atoms with E-state index in [0.717, 1.165) is 22.3 Å².